The Morgan fingerprint density at radius 2 is 2.07 bits per heavy atom. The average molecular weight is 388 g/mol. The van der Waals surface area contributed by atoms with Gasteiger partial charge >= 0.3 is 0 Å². The van der Waals surface area contributed by atoms with Crippen molar-refractivity contribution >= 4 is 23.3 Å². The standard InChI is InChI=1S/C18H14ClN3O5/c19-12-2-4-17(20-7-12)21-18(23)9-24-8-13-6-15(27-22-13)11-1-3-14-16(5-11)26-10-25-14/h1-7H,8-10H2,(H,20,21,23). The Bertz CT molecular complexity index is 958. The maximum atomic E-state index is 11.8. The van der Waals surface area contributed by atoms with Gasteiger partial charge in [0.05, 0.1) is 11.6 Å². The van der Waals surface area contributed by atoms with E-state index in [1.54, 1.807) is 18.2 Å². The maximum Gasteiger partial charge on any atom is 0.251 e. The molecule has 0 radical (unpaired) electrons. The lowest BCUT2D eigenvalue weighted by atomic mass is 10.1. The van der Waals surface area contributed by atoms with E-state index in [2.05, 4.69) is 15.5 Å². The van der Waals surface area contributed by atoms with Gasteiger partial charge in [-0.2, -0.15) is 0 Å². The zero-order valence-electron chi connectivity index (χ0n) is 14.0. The lowest BCUT2D eigenvalue weighted by Gasteiger charge is -2.04. The number of aromatic nitrogens is 2. The SMILES string of the molecule is O=C(COCc1cc(-c2ccc3c(c2)OCO3)on1)Nc1ccc(Cl)cn1. The van der Waals surface area contributed by atoms with Gasteiger partial charge in [-0.1, -0.05) is 16.8 Å². The number of anilines is 1. The minimum Gasteiger partial charge on any atom is -0.454 e. The molecule has 0 bridgehead atoms. The highest BCUT2D eigenvalue weighted by Crippen LogP contribution is 2.36. The zero-order valence-corrected chi connectivity index (χ0v) is 14.7. The fraction of sp³-hybridized carbons (Fsp3) is 0.167. The molecular weight excluding hydrogens is 374 g/mol. The number of hydrogen-bond donors (Lipinski definition) is 1. The maximum absolute atomic E-state index is 11.8. The number of halogens is 1. The topological polar surface area (TPSA) is 95.7 Å². The number of pyridine rings is 1. The minimum atomic E-state index is -0.329. The fourth-order valence-electron chi connectivity index (χ4n) is 2.44. The summed E-state index contributed by atoms with van der Waals surface area (Å²) in [5.41, 5.74) is 1.38. The Morgan fingerprint density at radius 3 is 2.93 bits per heavy atom. The van der Waals surface area contributed by atoms with Gasteiger partial charge in [0, 0.05) is 17.8 Å². The highest BCUT2D eigenvalue weighted by Gasteiger charge is 2.16. The fourth-order valence-corrected chi connectivity index (χ4v) is 2.55. The Morgan fingerprint density at radius 1 is 1.19 bits per heavy atom. The molecule has 2 aromatic heterocycles. The number of rotatable bonds is 6. The summed E-state index contributed by atoms with van der Waals surface area (Å²) in [5, 5.41) is 7.05. The van der Waals surface area contributed by atoms with E-state index >= 15 is 0 Å². The van der Waals surface area contributed by atoms with E-state index in [0.29, 0.717) is 33.8 Å². The molecule has 0 saturated heterocycles. The molecule has 1 amide bonds. The van der Waals surface area contributed by atoms with Crippen LogP contribution in [0, 0.1) is 0 Å². The number of benzene rings is 1. The first-order valence-corrected chi connectivity index (χ1v) is 8.40. The van der Waals surface area contributed by atoms with Crippen molar-refractivity contribution in [2.75, 3.05) is 18.7 Å². The Labute approximate surface area is 159 Å². The molecular formula is C18H14ClN3O5. The monoisotopic (exact) mass is 387 g/mol. The number of nitrogens with one attached hydrogen (secondary N) is 1. The van der Waals surface area contributed by atoms with E-state index in [9.17, 15) is 4.79 Å². The first kappa shape index (κ1) is 17.3. The van der Waals surface area contributed by atoms with Crippen molar-refractivity contribution in [2.24, 2.45) is 0 Å². The molecule has 1 aliphatic rings. The van der Waals surface area contributed by atoms with Crippen LogP contribution in [-0.2, 0) is 16.1 Å². The summed E-state index contributed by atoms with van der Waals surface area (Å²) in [6.45, 7) is 0.202. The Kier molecular flexibility index (Phi) is 4.91. The van der Waals surface area contributed by atoms with Crippen LogP contribution < -0.4 is 14.8 Å². The van der Waals surface area contributed by atoms with E-state index < -0.39 is 0 Å². The van der Waals surface area contributed by atoms with E-state index in [-0.39, 0.29) is 25.9 Å². The number of fused-ring (bicyclic) bond motifs is 1. The zero-order chi connectivity index (χ0) is 18.6. The van der Waals surface area contributed by atoms with Gasteiger partial charge in [-0.3, -0.25) is 4.79 Å². The molecule has 0 unspecified atom stereocenters. The molecule has 0 atom stereocenters. The number of amides is 1. The third-order valence-electron chi connectivity index (χ3n) is 3.69. The number of ether oxygens (including phenoxy) is 3. The quantitative estimate of drug-likeness (QED) is 0.693. The van der Waals surface area contributed by atoms with Crippen molar-refractivity contribution < 1.29 is 23.5 Å². The smallest absolute Gasteiger partial charge is 0.251 e. The van der Waals surface area contributed by atoms with Gasteiger partial charge in [-0.05, 0) is 30.3 Å². The second-order valence-electron chi connectivity index (χ2n) is 5.65. The number of nitrogens with zero attached hydrogens (tertiary/aromatic N) is 2. The lowest BCUT2D eigenvalue weighted by molar-refractivity contribution is -0.121. The molecule has 9 heteroatoms. The van der Waals surface area contributed by atoms with Gasteiger partial charge < -0.3 is 24.1 Å². The van der Waals surface area contributed by atoms with Crippen LogP contribution >= 0.6 is 11.6 Å². The third kappa shape index (κ3) is 4.18. The van der Waals surface area contributed by atoms with E-state index in [0.717, 1.165) is 5.56 Å². The molecule has 1 aromatic carbocycles. The second-order valence-corrected chi connectivity index (χ2v) is 6.09. The molecule has 3 aromatic rings. The van der Waals surface area contributed by atoms with Crippen LogP contribution in [0.3, 0.4) is 0 Å². The molecule has 4 rings (SSSR count). The Hall–Kier alpha value is -3.10. The largest absolute Gasteiger partial charge is 0.454 e. The predicted octanol–water partition coefficient (Wildman–Crippen LogP) is 3.27. The Balaban J connectivity index is 1.29. The highest BCUT2D eigenvalue weighted by molar-refractivity contribution is 6.30. The third-order valence-corrected chi connectivity index (χ3v) is 3.92. The van der Waals surface area contributed by atoms with Crippen LogP contribution in [0.1, 0.15) is 5.69 Å². The molecule has 1 aliphatic heterocycles. The van der Waals surface area contributed by atoms with E-state index in [1.807, 2.05) is 18.2 Å². The van der Waals surface area contributed by atoms with Crippen molar-refractivity contribution in [1.82, 2.24) is 10.1 Å². The first-order valence-electron chi connectivity index (χ1n) is 8.02. The normalized spacial score (nSPS) is 12.2. The van der Waals surface area contributed by atoms with Gasteiger partial charge in [-0.25, -0.2) is 4.98 Å². The van der Waals surface area contributed by atoms with Crippen molar-refractivity contribution in [1.29, 1.82) is 0 Å². The van der Waals surface area contributed by atoms with Crippen molar-refractivity contribution in [3.63, 3.8) is 0 Å². The lowest BCUT2D eigenvalue weighted by Crippen LogP contribution is -2.18. The van der Waals surface area contributed by atoms with Crippen LogP contribution in [0.4, 0.5) is 5.82 Å². The summed E-state index contributed by atoms with van der Waals surface area (Å²) < 4.78 is 21.3. The molecule has 0 spiro atoms. The number of carbonyl (C=O) groups is 1. The van der Waals surface area contributed by atoms with Crippen LogP contribution in [-0.4, -0.2) is 29.4 Å². The predicted molar refractivity (Wildman–Crippen MR) is 95.6 cm³/mol. The van der Waals surface area contributed by atoms with Crippen molar-refractivity contribution in [3.8, 4) is 22.8 Å². The van der Waals surface area contributed by atoms with Crippen LogP contribution in [0.5, 0.6) is 11.5 Å². The summed E-state index contributed by atoms with van der Waals surface area (Å²) in [7, 11) is 0. The number of carbonyl (C=O) groups excluding carboxylic acids is 1. The summed E-state index contributed by atoms with van der Waals surface area (Å²) in [4.78, 5) is 15.8. The van der Waals surface area contributed by atoms with Gasteiger partial charge in [0.2, 0.25) is 6.79 Å². The average Bonchev–Trinajstić information content (AvgIpc) is 3.32. The molecule has 0 saturated carbocycles. The van der Waals surface area contributed by atoms with E-state index in [1.165, 1.54) is 6.20 Å². The molecule has 1 N–H and O–H groups in total. The molecule has 8 nitrogen and oxygen atoms in total. The molecule has 3 heterocycles. The molecule has 0 fully saturated rings. The molecule has 0 aliphatic carbocycles. The summed E-state index contributed by atoms with van der Waals surface area (Å²) >= 11 is 5.74. The van der Waals surface area contributed by atoms with Gasteiger partial charge in [-0.15, -0.1) is 0 Å². The molecule has 138 valence electrons. The van der Waals surface area contributed by atoms with Gasteiger partial charge in [0.15, 0.2) is 17.3 Å². The summed E-state index contributed by atoms with van der Waals surface area (Å²) in [6, 6.07) is 10.5. The first-order chi connectivity index (χ1) is 13.2. The number of hydrogen-bond acceptors (Lipinski definition) is 7. The molecule has 27 heavy (non-hydrogen) atoms. The van der Waals surface area contributed by atoms with Crippen molar-refractivity contribution in [3.05, 3.63) is 53.3 Å². The van der Waals surface area contributed by atoms with Crippen LogP contribution in [0.25, 0.3) is 11.3 Å². The van der Waals surface area contributed by atoms with Gasteiger partial charge in [0.25, 0.3) is 5.91 Å². The van der Waals surface area contributed by atoms with E-state index in [4.69, 9.17) is 30.3 Å². The van der Waals surface area contributed by atoms with Crippen LogP contribution in [0.15, 0.2) is 47.1 Å². The summed E-state index contributed by atoms with van der Waals surface area (Å²) in [5.74, 6) is 2.00. The minimum absolute atomic E-state index is 0.134. The van der Waals surface area contributed by atoms with Crippen molar-refractivity contribution in [2.45, 2.75) is 6.61 Å². The highest BCUT2D eigenvalue weighted by atomic mass is 35.5. The van der Waals surface area contributed by atoms with Gasteiger partial charge in [0.1, 0.15) is 18.1 Å². The van der Waals surface area contributed by atoms with Crippen LogP contribution in [0.2, 0.25) is 5.02 Å². The summed E-state index contributed by atoms with van der Waals surface area (Å²) in [6.07, 6.45) is 1.45. The second kappa shape index (κ2) is 7.65.